The maximum atomic E-state index is 12.9. The summed E-state index contributed by atoms with van der Waals surface area (Å²) in [4.78, 5) is 47.8. The minimum absolute atomic E-state index is 0.0130. The van der Waals surface area contributed by atoms with Crippen molar-refractivity contribution < 1.29 is 34.1 Å². The van der Waals surface area contributed by atoms with Crippen LogP contribution in [0, 0.1) is 0 Å². The van der Waals surface area contributed by atoms with Crippen molar-refractivity contribution in [2.75, 3.05) is 13.2 Å². The Morgan fingerprint density at radius 1 is 0.492 bits per heavy atom. The van der Waals surface area contributed by atoms with Crippen molar-refractivity contribution in [3.05, 3.63) is 24.3 Å². The number of esters is 1. The van der Waals surface area contributed by atoms with Gasteiger partial charge in [0.2, 0.25) is 11.8 Å². The number of carbonyl (C=O) groups is 4. The van der Waals surface area contributed by atoms with Gasteiger partial charge >= 0.3 is 11.9 Å². The minimum atomic E-state index is -1.38. The fourth-order valence-corrected chi connectivity index (χ4v) is 7.75. The average molecular weight is 861 g/mol. The Bertz CT molecular complexity index is 1080. The highest BCUT2D eigenvalue weighted by molar-refractivity contribution is 5.87. The molecule has 2 atom stereocenters. The van der Waals surface area contributed by atoms with Gasteiger partial charge in [0.15, 0.2) is 0 Å². The molecule has 2 amide bonds. The average Bonchev–Trinajstić information content (AvgIpc) is 3.25. The Morgan fingerprint density at radius 2 is 0.885 bits per heavy atom. The van der Waals surface area contributed by atoms with E-state index in [9.17, 15) is 19.2 Å². The molecule has 0 heterocycles. The summed E-state index contributed by atoms with van der Waals surface area (Å²) >= 11 is 0. The van der Waals surface area contributed by atoms with Crippen molar-refractivity contribution in [1.29, 1.82) is 0 Å². The lowest BCUT2D eigenvalue weighted by atomic mass is 10.0. The van der Waals surface area contributed by atoms with Crippen molar-refractivity contribution in [2.45, 2.75) is 270 Å². The first-order valence-corrected chi connectivity index (χ1v) is 25.7. The van der Waals surface area contributed by atoms with Crippen LogP contribution in [0.4, 0.5) is 0 Å². The quantitative estimate of drug-likeness (QED) is 0.0271. The maximum Gasteiger partial charge on any atom is 0.328 e. The third-order valence-electron chi connectivity index (χ3n) is 11.7. The van der Waals surface area contributed by atoms with E-state index in [0.717, 1.165) is 64.2 Å². The van der Waals surface area contributed by atoms with Crippen molar-refractivity contribution in [2.24, 2.45) is 0 Å². The number of aliphatic hydroxyl groups is 1. The van der Waals surface area contributed by atoms with Crippen LogP contribution in [0.1, 0.15) is 258 Å². The number of aliphatic hydroxyl groups excluding tert-OH is 1. The topological polar surface area (TPSA) is 142 Å². The predicted molar refractivity (Wildman–Crippen MR) is 255 cm³/mol. The number of ether oxygens (including phenoxy) is 1. The van der Waals surface area contributed by atoms with Crippen LogP contribution in [0.3, 0.4) is 0 Å². The number of allylic oxidation sites excluding steroid dienone is 4. The van der Waals surface area contributed by atoms with Crippen LogP contribution in [0.15, 0.2) is 24.3 Å². The van der Waals surface area contributed by atoms with E-state index >= 15 is 0 Å². The van der Waals surface area contributed by atoms with Crippen LogP contribution in [-0.4, -0.2) is 59.3 Å². The number of rotatable bonds is 47. The van der Waals surface area contributed by atoms with Gasteiger partial charge in [0.25, 0.3) is 0 Å². The smallest absolute Gasteiger partial charge is 0.328 e. The molecule has 0 saturated carbocycles. The molecule has 0 aliphatic rings. The van der Waals surface area contributed by atoms with Gasteiger partial charge in [0.1, 0.15) is 12.1 Å². The lowest BCUT2D eigenvalue weighted by Gasteiger charge is -2.18. The van der Waals surface area contributed by atoms with Crippen LogP contribution in [0.25, 0.3) is 0 Å². The summed E-state index contributed by atoms with van der Waals surface area (Å²) in [5, 5.41) is 22.6. The molecule has 0 rings (SSSR count). The van der Waals surface area contributed by atoms with Crippen LogP contribution < -0.4 is 10.6 Å². The van der Waals surface area contributed by atoms with E-state index in [2.05, 4.69) is 48.8 Å². The second-order valence-corrected chi connectivity index (χ2v) is 17.6. The van der Waals surface area contributed by atoms with E-state index in [1.54, 1.807) is 0 Å². The predicted octanol–water partition coefficient (Wildman–Crippen LogP) is 13.6. The summed E-state index contributed by atoms with van der Waals surface area (Å²) in [5.74, 6) is -2.28. The zero-order valence-corrected chi connectivity index (χ0v) is 39.7. The first-order chi connectivity index (χ1) is 29.8. The van der Waals surface area contributed by atoms with Gasteiger partial charge in [-0.1, -0.05) is 199 Å². The van der Waals surface area contributed by atoms with E-state index in [-0.39, 0.29) is 24.5 Å². The van der Waals surface area contributed by atoms with Gasteiger partial charge in [-0.2, -0.15) is 0 Å². The highest BCUT2D eigenvalue weighted by Crippen LogP contribution is 2.19. The van der Waals surface area contributed by atoms with Crippen LogP contribution in [-0.2, 0) is 23.9 Å². The molecule has 0 radical (unpaired) electrons. The van der Waals surface area contributed by atoms with Gasteiger partial charge in [0.05, 0.1) is 13.2 Å². The highest BCUT2D eigenvalue weighted by Gasteiger charge is 2.19. The molecule has 2 unspecified atom stereocenters. The fraction of sp³-hybridized carbons (Fsp3) is 0.846. The van der Waals surface area contributed by atoms with E-state index in [4.69, 9.17) is 14.9 Å². The first kappa shape index (κ1) is 58.3. The largest absolute Gasteiger partial charge is 0.480 e. The second kappa shape index (κ2) is 46.8. The lowest BCUT2D eigenvalue weighted by Crippen LogP contribution is -2.47. The molecule has 0 aromatic rings. The number of nitrogens with one attached hydrogen (secondary N) is 2. The van der Waals surface area contributed by atoms with Crippen LogP contribution >= 0.6 is 0 Å². The Morgan fingerprint density at radius 3 is 1.34 bits per heavy atom. The summed E-state index contributed by atoms with van der Waals surface area (Å²) in [7, 11) is 0. The van der Waals surface area contributed by atoms with Gasteiger partial charge in [-0.3, -0.25) is 14.4 Å². The van der Waals surface area contributed by atoms with Gasteiger partial charge in [0, 0.05) is 12.8 Å². The number of hydrogen-bond acceptors (Lipinski definition) is 6. The van der Waals surface area contributed by atoms with Crippen LogP contribution in [0.5, 0.6) is 0 Å². The molecule has 0 spiro atoms. The second-order valence-electron chi connectivity index (χ2n) is 17.6. The summed E-state index contributed by atoms with van der Waals surface area (Å²) in [5.41, 5.74) is 0. The van der Waals surface area contributed by atoms with Crippen LogP contribution in [0.2, 0.25) is 0 Å². The molecule has 356 valence electrons. The Hall–Kier alpha value is -2.68. The van der Waals surface area contributed by atoms with Gasteiger partial charge in [-0.25, -0.2) is 4.79 Å². The molecular weight excluding hydrogens is 765 g/mol. The SMILES string of the molecule is CCCCC/C=C\C/C=C\CCCCCCCCCCCC(=O)OC(CCCCCCCCCCCCCCCC)CCCCCCCC(=O)NCC(=O)NC(CO)C(=O)O. The van der Waals surface area contributed by atoms with E-state index in [1.807, 2.05) is 0 Å². The van der Waals surface area contributed by atoms with Crippen molar-refractivity contribution >= 4 is 23.8 Å². The molecule has 0 aromatic heterocycles. The first-order valence-electron chi connectivity index (χ1n) is 25.7. The third-order valence-corrected chi connectivity index (χ3v) is 11.7. The highest BCUT2D eigenvalue weighted by atomic mass is 16.5. The van der Waals surface area contributed by atoms with Gasteiger partial charge in [-0.05, 0) is 70.6 Å². The van der Waals surface area contributed by atoms with Gasteiger partial charge in [-0.15, -0.1) is 0 Å². The molecule has 4 N–H and O–H groups in total. The Kier molecular flexibility index (Phi) is 44.8. The standard InChI is InChI=1S/C52H96N2O7/c1-3-5-7-9-11-13-15-17-19-20-21-22-23-25-27-29-31-36-40-44-51(58)61-47(41-37-33-30-28-26-24-18-16-14-12-10-8-6-4-2)42-38-34-32-35-39-43-49(56)53-45-50(57)54-48(46-55)52(59)60/h11,13,17,19,47-48,55H,3-10,12,14-16,18,20-46H2,1-2H3,(H,53,56)(H,54,57)(H,59,60)/b13-11-,19-17-. The number of unbranched alkanes of at least 4 members (excludes halogenated alkanes) is 29. The minimum Gasteiger partial charge on any atom is -0.480 e. The summed E-state index contributed by atoms with van der Waals surface area (Å²) in [6, 6.07) is -1.38. The van der Waals surface area contributed by atoms with Crippen molar-refractivity contribution in [3.8, 4) is 0 Å². The normalized spacial score (nSPS) is 12.6. The number of hydrogen-bond donors (Lipinski definition) is 4. The third kappa shape index (κ3) is 43.8. The summed E-state index contributed by atoms with van der Waals surface area (Å²) < 4.78 is 6.07. The molecule has 0 aliphatic heterocycles. The molecule has 9 heteroatoms. The van der Waals surface area contributed by atoms with Crippen molar-refractivity contribution in [3.63, 3.8) is 0 Å². The number of aliphatic carboxylic acids is 1. The molecule has 9 nitrogen and oxygen atoms in total. The van der Waals surface area contributed by atoms with E-state index in [1.165, 1.54) is 161 Å². The molecule has 0 bridgehead atoms. The lowest BCUT2D eigenvalue weighted by molar-refractivity contribution is -0.150. The number of amides is 2. The Balaban J connectivity index is 4.27. The summed E-state index contributed by atoms with van der Waals surface area (Å²) in [6.07, 6.45) is 53.5. The zero-order valence-electron chi connectivity index (χ0n) is 39.7. The van der Waals surface area contributed by atoms with Crippen molar-refractivity contribution in [1.82, 2.24) is 10.6 Å². The number of carboxylic acid groups (broad SMARTS) is 1. The molecule has 0 fully saturated rings. The summed E-state index contributed by atoms with van der Waals surface area (Å²) in [6.45, 7) is 3.49. The van der Waals surface area contributed by atoms with E-state index in [0.29, 0.717) is 19.3 Å². The molecule has 0 aliphatic carbocycles. The molecule has 0 saturated heterocycles. The number of carbonyl (C=O) groups excluding carboxylic acids is 3. The molecule has 61 heavy (non-hydrogen) atoms. The van der Waals surface area contributed by atoms with Gasteiger partial charge < -0.3 is 25.6 Å². The maximum absolute atomic E-state index is 12.9. The zero-order chi connectivity index (χ0) is 44.7. The fourth-order valence-electron chi connectivity index (χ4n) is 7.75. The molecule has 0 aromatic carbocycles. The number of carboxylic acids is 1. The Labute approximate surface area is 374 Å². The molecular formula is C52H96N2O7. The monoisotopic (exact) mass is 861 g/mol. The van der Waals surface area contributed by atoms with E-state index < -0.39 is 24.5 Å².